The molecule has 0 radical (unpaired) electrons. The molecule has 1 aliphatic rings. The molecule has 0 saturated heterocycles. The summed E-state index contributed by atoms with van der Waals surface area (Å²) < 4.78 is 4.55. The Morgan fingerprint density at radius 3 is 2.79 bits per heavy atom. The van der Waals surface area contributed by atoms with Crippen LogP contribution in [0.1, 0.15) is 6.92 Å². The Hall–Kier alpha value is -1.13. The summed E-state index contributed by atoms with van der Waals surface area (Å²) in [5.41, 5.74) is 1.04. The fourth-order valence-electron chi connectivity index (χ4n) is 1.44. The van der Waals surface area contributed by atoms with Crippen LogP contribution in [0.3, 0.4) is 0 Å². The van der Waals surface area contributed by atoms with E-state index in [-0.39, 0.29) is 6.61 Å². The number of carbonyl (C=O) groups excluding carboxylic acids is 1. The van der Waals surface area contributed by atoms with E-state index in [1.165, 1.54) is 13.2 Å². The van der Waals surface area contributed by atoms with Gasteiger partial charge in [-0.25, -0.2) is 4.79 Å². The summed E-state index contributed by atoms with van der Waals surface area (Å²) in [6, 6.07) is 0. The van der Waals surface area contributed by atoms with Gasteiger partial charge < -0.3 is 14.9 Å². The summed E-state index contributed by atoms with van der Waals surface area (Å²) in [6.45, 7) is 1.52. The van der Waals surface area contributed by atoms with E-state index >= 15 is 0 Å². The first-order valence-corrected chi connectivity index (χ1v) is 4.37. The Kier molecular flexibility index (Phi) is 3.43. The van der Waals surface area contributed by atoms with Crippen LogP contribution in [0.15, 0.2) is 23.3 Å². The molecule has 0 aromatic rings. The van der Waals surface area contributed by atoms with Gasteiger partial charge in [-0.1, -0.05) is 6.08 Å². The molecule has 2 N–H and O–H groups in total. The molecule has 0 aromatic carbocycles. The third-order valence-corrected chi connectivity index (χ3v) is 2.28. The third-order valence-electron chi connectivity index (χ3n) is 2.28. The second kappa shape index (κ2) is 4.39. The lowest BCUT2D eigenvalue weighted by Gasteiger charge is -2.23. The highest BCUT2D eigenvalue weighted by Crippen LogP contribution is 2.23. The maximum Gasteiger partial charge on any atom is 0.337 e. The normalized spacial score (nSPS) is 26.6. The van der Waals surface area contributed by atoms with E-state index in [4.69, 9.17) is 5.11 Å². The zero-order valence-corrected chi connectivity index (χ0v) is 8.23. The first-order chi connectivity index (χ1) is 6.60. The smallest absolute Gasteiger partial charge is 0.337 e. The first-order valence-electron chi connectivity index (χ1n) is 4.37. The number of aliphatic hydroxyl groups excluding tert-OH is 2. The highest BCUT2D eigenvalue weighted by molar-refractivity contribution is 5.92. The van der Waals surface area contributed by atoms with Crippen LogP contribution < -0.4 is 0 Å². The van der Waals surface area contributed by atoms with Crippen molar-refractivity contribution >= 4 is 5.97 Å². The molecule has 0 bridgehead atoms. The minimum absolute atomic E-state index is 0.188. The molecule has 0 aliphatic heterocycles. The monoisotopic (exact) mass is 198 g/mol. The number of hydrogen-bond donors (Lipinski definition) is 2. The Balaban J connectivity index is 2.93. The fraction of sp³-hybridized carbons (Fsp3) is 0.500. The lowest BCUT2D eigenvalue weighted by molar-refractivity contribution is -0.135. The molecule has 4 heteroatoms. The van der Waals surface area contributed by atoms with Crippen molar-refractivity contribution in [3.8, 4) is 0 Å². The molecule has 0 saturated carbocycles. The van der Waals surface area contributed by atoms with Gasteiger partial charge in [0.05, 0.1) is 25.4 Å². The highest BCUT2D eigenvalue weighted by Gasteiger charge is 2.24. The summed E-state index contributed by atoms with van der Waals surface area (Å²) in [6.07, 6.45) is 2.39. The molecular formula is C10H14O4. The van der Waals surface area contributed by atoms with E-state index in [2.05, 4.69) is 4.74 Å². The molecule has 1 rings (SSSR count). The number of carbonyl (C=O) groups is 1. The lowest BCUT2D eigenvalue weighted by Crippen LogP contribution is -2.27. The fourth-order valence-corrected chi connectivity index (χ4v) is 1.44. The van der Waals surface area contributed by atoms with Crippen LogP contribution in [0.2, 0.25) is 0 Å². The van der Waals surface area contributed by atoms with Crippen molar-refractivity contribution in [3.63, 3.8) is 0 Å². The summed E-state index contributed by atoms with van der Waals surface area (Å²) in [4.78, 5) is 11.2. The number of aliphatic hydroxyl groups is 2. The number of methoxy groups -OCH3 is 1. The molecule has 2 atom stereocenters. The SMILES string of the molecule is COC(=O)C1=CC(CO)C(O)C(C)=C1. The largest absolute Gasteiger partial charge is 0.465 e. The van der Waals surface area contributed by atoms with Gasteiger partial charge in [-0.2, -0.15) is 0 Å². The van der Waals surface area contributed by atoms with Gasteiger partial charge in [0.25, 0.3) is 0 Å². The molecule has 0 aromatic heterocycles. The predicted molar refractivity (Wildman–Crippen MR) is 50.4 cm³/mol. The van der Waals surface area contributed by atoms with Gasteiger partial charge in [0.15, 0.2) is 0 Å². The molecule has 0 amide bonds. The standard InChI is InChI=1S/C10H14O4/c1-6-3-7(10(13)14-2)4-8(5-11)9(6)12/h3-4,8-9,11-12H,5H2,1-2H3. The van der Waals surface area contributed by atoms with Crippen LogP contribution >= 0.6 is 0 Å². The summed E-state index contributed by atoms with van der Waals surface area (Å²) >= 11 is 0. The second-order valence-corrected chi connectivity index (χ2v) is 3.29. The quantitative estimate of drug-likeness (QED) is 0.614. The predicted octanol–water partition coefficient (Wildman–Crippen LogP) is 0.0151. The van der Waals surface area contributed by atoms with Crippen molar-refractivity contribution < 1.29 is 19.7 Å². The lowest BCUT2D eigenvalue weighted by atomic mass is 9.89. The molecule has 4 nitrogen and oxygen atoms in total. The van der Waals surface area contributed by atoms with Gasteiger partial charge in [0.1, 0.15) is 0 Å². The van der Waals surface area contributed by atoms with Crippen LogP contribution in [0.4, 0.5) is 0 Å². The van der Waals surface area contributed by atoms with Gasteiger partial charge in [-0.05, 0) is 18.6 Å². The zero-order valence-electron chi connectivity index (χ0n) is 8.23. The Morgan fingerprint density at radius 2 is 2.29 bits per heavy atom. The Bertz CT molecular complexity index is 290. The summed E-state index contributed by atoms with van der Waals surface area (Å²) in [7, 11) is 1.30. The molecule has 2 unspecified atom stereocenters. The number of hydrogen-bond acceptors (Lipinski definition) is 4. The maximum absolute atomic E-state index is 11.2. The topological polar surface area (TPSA) is 66.8 Å². The van der Waals surface area contributed by atoms with Crippen LogP contribution in [0.25, 0.3) is 0 Å². The van der Waals surface area contributed by atoms with E-state index in [0.717, 1.165) is 0 Å². The molecule has 0 heterocycles. The van der Waals surface area contributed by atoms with Gasteiger partial charge in [-0.15, -0.1) is 0 Å². The molecule has 1 aliphatic carbocycles. The second-order valence-electron chi connectivity index (χ2n) is 3.29. The minimum atomic E-state index is -0.714. The van der Waals surface area contributed by atoms with Crippen molar-refractivity contribution in [1.82, 2.24) is 0 Å². The van der Waals surface area contributed by atoms with E-state index in [9.17, 15) is 9.90 Å². The summed E-state index contributed by atoms with van der Waals surface area (Å²) in [5, 5.41) is 18.6. The van der Waals surface area contributed by atoms with Gasteiger partial charge >= 0.3 is 5.97 Å². The van der Waals surface area contributed by atoms with Crippen molar-refractivity contribution in [2.45, 2.75) is 13.0 Å². The zero-order chi connectivity index (χ0) is 10.7. The van der Waals surface area contributed by atoms with Crippen molar-refractivity contribution in [3.05, 3.63) is 23.3 Å². The van der Waals surface area contributed by atoms with Gasteiger partial charge in [-0.3, -0.25) is 0 Å². The van der Waals surface area contributed by atoms with E-state index in [1.54, 1.807) is 13.0 Å². The third kappa shape index (κ3) is 2.02. The van der Waals surface area contributed by atoms with Crippen LogP contribution in [0, 0.1) is 5.92 Å². The van der Waals surface area contributed by atoms with E-state index in [0.29, 0.717) is 11.1 Å². The van der Waals surface area contributed by atoms with Crippen molar-refractivity contribution in [2.75, 3.05) is 13.7 Å². The van der Waals surface area contributed by atoms with Crippen molar-refractivity contribution in [2.24, 2.45) is 5.92 Å². The summed E-state index contributed by atoms with van der Waals surface area (Å²) in [5.74, 6) is -0.871. The van der Waals surface area contributed by atoms with E-state index in [1.807, 2.05) is 0 Å². The highest BCUT2D eigenvalue weighted by atomic mass is 16.5. The number of ether oxygens (including phenoxy) is 1. The van der Waals surface area contributed by atoms with Crippen LogP contribution in [0.5, 0.6) is 0 Å². The average Bonchev–Trinajstić information content (AvgIpc) is 2.20. The van der Waals surface area contributed by atoms with E-state index < -0.39 is 18.0 Å². The molecule has 14 heavy (non-hydrogen) atoms. The molecule has 78 valence electrons. The molecule has 0 spiro atoms. The Labute approximate surface area is 82.5 Å². The average molecular weight is 198 g/mol. The Morgan fingerprint density at radius 1 is 1.64 bits per heavy atom. The van der Waals surface area contributed by atoms with Gasteiger partial charge in [0.2, 0.25) is 0 Å². The number of esters is 1. The maximum atomic E-state index is 11.2. The van der Waals surface area contributed by atoms with Crippen molar-refractivity contribution in [1.29, 1.82) is 0 Å². The van der Waals surface area contributed by atoms with Crippen LogP contribution in [-0.2, 0) is 9.53 Å². The van der Waals surface area contributed by atoms with Crippen LogP contribution in [-0.4, -0.2) is 36.0 Å². The van der Waals surface area contributed by atoms with Gasteiger partial charge in [0, 0.05) is 5.92 Å². The minimum Gasteiger partial charge on any atom is -0.465 e. The number of rotatable bonds is 2. The molecular weight excluding hydrogens is 184 g/mol. The first kappa shape index (κ1) is 10.9. The molecule has 0 fully saturated rings.